The highest BCUT2D eigenvalue weighted by atomic mass is 19.1. The Morgan fingerprint density at radius 1 is 1.56 bits per heavy atom. The van der Waals surface area contributed by atoms with Crippen molar-refractivity contribution in [1.82, 2.24) is 4.90 Å². The normalized spacial score (nSPS) is 19.7. The summed E-state index contributed by atoms with van der Waals surface area (Å²) in [6.07, 6.45) is 1.18. The molecule has 18 heavy (non-hydrogen) atoms. The number of hydrogen-bond donors (Lipinski definition) is 1. The predicted molar refractivity (Wildman–Crippen MR) is 69.8 cm³/mol. The molecule has 1 aliphatic rings. The lowest BCUT2D eigenvalue weighted by molar-refractivity contribution is 0.345. The first-order valence-electron chi connectivity index (χ1n) is 6.38. The number of rotatable bonds is 4. The highest BCUT2D eigenvalue weighted by Crippen LogP contribution is 2.19. The van der Waals surface area contributed by atoms with Crippen LogP contribution in [-0.2, 0) is 0 Å². The second-order valence-electron chi connectivity index (χ2n) is 4.73. The lowest BCUT2D eigenvalue weighted by atomic mass is 10.1. The number of nitrogens with zero attached hydrogens (tertiary/aromatic N) is 2. The van der Waals surface area contributed by atoms with Crippen LogP contribution in [0.25, 0.3) is 0 Å². The van der Waals surface area contributed by atoms with Crippen LogP contribution in [0.1, 0.15) is 18.9 Å². The summed E-state index contributed by atoms with van der Waals surface area (Å²) in [6, 6.07) is 6.32. The minimum atomic E-state index is -0.366. The quantitative estimate of drug-likeness (QED) is 0.888. The molecular formula is C14H18FN3. The van der Waals surface area contributed by atoms with E-state index in [1.165, 1.54) is 18.6 Å². The maximum Gasteiger partial charge on any atom is 0.124 e. The van der Waals surface area contributed by atoms with Gasteiger partial charge in [0.1, 0.15) is 11.9 Å². The van der Waals surface area contributed by atoms with Crippen LogP contribution < -0.4 is 5.32 Å². The molecular weight excluding hydrogens is 229 g/mol. The van der Waals surface area contributed by atoms with Crippen molar-refractivity contribution in [2.24, 2.45) is 5.92 Å². The molecule has 1 N–H and O–H groups in total. The summed E-state index contributed by atoms with van der Waals surface area (Å²) < 4.78 is 13.0. The third kappa shape index (κ3) is 2.99. The Hall–Kier alpha value is -1.60. The van der Waals surface area contributed by atoms with E-state index in [0.717, 1.165) is 31.9 Å². The monoisotopic (exact) mass is 247 g/mol. The Kier molecular flexibility index (Phi) is 4.16. The van der Waals surface area contributed by atoms with Crippen LogP contribution in [0, 0.1) is 23.1 Å². The number of nitriles is 1. The highest BCUT2D eigenvalue weighted by molar-refractivity contribution is 5.57. The van der Waals surface area contributed by atoms with Crippen molar-refractivity contribution in [1.29, 1.82) is 5.26 Å². The summed E-state index contributed by atoms with van der Waals surface area (Å²) in [7, 11) is 0. The Bertz CT molecular complexity index is 453. The topological polar surface area (TPSA) is 39.1 Å². The van der Waals surface area contributed by atoms with Gasteiger partial charge >= 0.3 is 0 Å². The second kappa shape index (κ2) is 5.83. The number of nitrogens with one attached hydrogen (secondary N) is 1. The van der Waals surface area contributed by atoms with Crippen LogP contribution >= 0.6 is 0 Å². The van der Waals surface area contributed by atoms with E-state index >= 15 is 0 Å². The van der Waals surface area contributed by atoms with Crippen LogP contribution in [0.5, 0.6) is 0 Å². The Morgan fingerprint density at radius 2 is 2.39 bits per heavy atom. The lowest BCUT2D eigenvalue weighted by Crippen LogP contribution is -2.22. The number of benzene rings is 1. The number of hydrogen-bond acceptors (Lipinski definition) is 3. The average molecular weight is 247 g/mol. The number of anilines is 1. The van der Waals surface area contributed by atoms with Gasteiger partial charge in [0.15, 0.2) is 0 Å². The average Bonchev–Trinajstić information content (AvgIpc) is 2.85. The van der Waals surface area contributed by atoms with Gasteiger partial charge in [-0.1, -0.05) is 6.92 Å². The molecule has 1 aliphatic heterocycles. The number of halogens is 1. The molecule has 1 heterocycles. The summed E-state index contributed by atoms with van der Waals surface area (Å²) in [5.74, 6) is 0.247. The molecule has 0 amide bonds. The molecule has 1 aromatic carbocycles. The second-order valence-corrected chi connectivity index (χ2v) is 4.73. The van der Waals surface area contributed by atoms with E-state index in [1.54, 1.807) is 6.07 Å². The summed E-state index contributed by atoms with van der Waals surface area (Å²) in [4.78, 5) is 2.42. The zero-order chi connectivity index (χ0) is 13.0. The fraction of sp³-hybridized carbons (Fsp3) is 0.500. The largest absolute Gasteiger partial charge is 0.384 e. The highest BCUT2D eigenvalue weighted by Gasteiger charge is 2.20. The van der Waals surface area contributed by atoms with Crippen LogP contribution in [0.2, 0.25) is 0 Å². The van der Waals surface area contributed by atoms with Crippen molar-refractivity contribution in [2.75, 3.05) is 31.5 Å². The molecule has 1 unspecified atom stereocenters. The Balaban J connectivity index is 1.93. The molecule has 96 valence electrons. The van der Waals surface area contributed by atoms with Gasteiger partial charge in [0.25, 0.3) is 0 Å². The third-order valence-electron chi connectivity index (χ3n) is 3.50. The molecule has 0 aliphatic carbocycles. The number of likely N-dealkylation sites (tertiary alicyclic amines) is 1. The zero-order valence-electron chi connectivity index (χ0n) is 10.6. The summed E-state index contributed by atoms with van der Waals surface area (Å²) in [5.41, 5.74) is 1.11. The summed E-state index contributed by atoms with van der Waals surface area (Å²) in [6.45, 7) is 6.36. The van der Waals surface area contributed by atoms with Gasteiger partial charge in [-0.25, -0.2) is 4.39 Å². The standard InChI is InChI=1S/C14H18FN3/c1-2-18-6-5-11(10-18)9-17-14-4-3-13(15)7-12(14)8-16/h3-4,7,11,17H,2,5-6,9-10H2,1H3. The summed E-state index contributed by atoms with van der Waals surface area (Å²) in [5, 5.41) is 12.2. The molecule has 2 rings (SSSR count). The third-order valence-corrected chi connectivity index (χ3v) is 3.50. The lowest BCUT2D eigenvalue weighted by Gasteiger charge is -2.15. The van der Waals surface area contributed by atoms with Gasteiger partial charge in [-0.2, -0.15) is 5.26 Å². The van der Waals surface area contributed by atoms with Gasteiger partial charge in [0.05, 0.1) is 11.3 Å². The van der Waals surface area contributed by atoms with Gasteiger partial charge < -0.3 is 10.2 Å². The Labute approximate surface area is 107 Å². The van der Waals surface area contributed by atoms with E-state index in [-0.39, 0.29) is 5.82 Å². The minimum absolute atomic E-state index is 0.366. The molecule has 1 saturated heterocycles. The van der Waals surface area contributed by atoms with E-state index in [9.17, 15) is 4.39 Å². The SMILES string of the molecule is CCN1CCC(CNc2ccc(F)cc2C#N)C1. The van der Waals surface area contributed by atoms with E-state index in [2.05, 4.69) is 17.1 Å². The molecule has 1 fully saturated rings. The predicted octanol–water partition coefficient (Wildman–Crippen LogP) is 2.45. The first-order chi connectivity index (χ1) is 8.72. The van der Waals surface area contributed by atoms with Crippen molar-refractivity contribution < 1.29 is 4.39 Å². The first-order valence-corrected chi connectivity index (χ1v) is 6.38. The smallest absolute Gasteiger partial charge is 0.124 e. The molecule has 3 nitrogen and oxygen atoms in total. The van der Waals surface area contributed by atoms with Gasteiger partial charge in [-0.05, 0) is 43.6 Å². The van der Waals surface area contributed by atoms with Gasteiger partial charge in [0.2, 0.25) is 0 Å². The van der Waals surface area contributed by atoms with Gasteiger partial charge in [-0.15, -0.1) is 0 Å². The van der Waals surface area contributed by atoms with Crippen LogP contribution in [0.15, 0.2) is 18.2 Å². The maximum absolute atomic E-state index is 13.0. The molecule has 0 saturated carbocycles. The Morgan fingerprint density at radius 3 is 3.06 bits per heavy atom. The van der Waals surface area contributed by atoms with Crippen molar-refractivity contribution in [3.63, 3.8) is 0 Å². The molecule has 1 aromatic rings. The minimum Gasteiger partial charge on any atom is -0.384 e. The van der Waals surface area contributed by atoms with Crippen LogP contribution in [0.3, 0.4) is 0 Å². The van der Waals surface area contributed by atoms with E-state index in [1.807, 2.05) is 6.07 Å². The van der Waals surface area contributed by atoms with Crippen molar-refractivity contribution in [2.45, 2.75) is 13.3 Å². The molecule has 0 aromatic heterocycles. The summed E-state index contributed by atoms with van der Waals surface area (Å²) >= 11 is 0. The van der Waals surface area contributed by atoms with Crippen molar-refractivity contribution >= 4 is 5.69 Å². The van der Waals surface area contributed by atoms with Gasteiger partial charge in [-0.3, -0.25) is 0 Å². The van der Waals surface area contributed by atoms with E-state index in [4.69, 9.17) is 5.26 Å². The van der Waals surface area contributed by atoms with E-state index in [0.29, 0.717) is 11.5 Å². The van der Waals surface area contributed by atoms with Gasteiger partial charge in [0, 0.05) is 13.1 Å². The van der Waals surface area contributed by atoms with E-state index < -0.39 is 0 Å². The molecule has 0 bridgehead atoms. The van der Waals surface area contributed by atoms with Crippen LogP contribution in [-0.4, -0.2) is 31.1 Å². The van der Waals surface area contributed by atoms with Crippen LogP contribution in [0.4, 0.5) is 10.1 Å². The molecule has 0 spiro atoms. The zero-order valence-corrected chi connectivity index (χ0v) is 10.6. The molecule has 1 atom stereocenters. The first kappa shape index (κ1) is 12.8. The maximum atomic E-state index is 13.0. The molecule has 4 heteroatoms. The fourth-order valence-corrected chi connectivity index (χ4v) is 2.38. The fourth-order valence-electron chi connectivity index (χ4n) is 2.38. The van der Waals surface area contributed by atoms with Crippen molar-refractivity contribution in [3.05, 3.63) is 29.6 Å². The molecule has 0 radical (unpaired) electrons. The van der Waals surface area contributed by atoms with Crippen molar-refractivity contribution in [3.8, 4) is 6.07 Å².